The average Bonchev–Trinajstić information content (AvgIpc) is 2.66. The minimum Gasteiger partial charge on any atom is -0.440 e. The van der Waals surface area contributed by atoms with Gasteiger partial charge in [0.2, 0.25) is 5.22 Å². The first-order valence-electron chi connectivity index (χ1n) is 6.85. The zero-order valence-electron chi connectivity index (χ0n) is 12.5. The van der Waals surface area contributed by atoms with Gasteiger partial charge in [-0.15, -0.1) is 0 Å². The molecule has 3 rings (SSSR count). The highest BCUT2D eigenvalue weighted by Gasteiger charge is 2.27. The first kappa shape index (κ1) is 16.5. The Labute approximate surface area is 145 Å². The monoisotopic (exact) mass is 406 g/mol. The van der Waals surface area contributed by atoms with Crippen LogP contribution in [0.25, 0.3) is 5.82 Å². The van der Waals surface area contributed by atoms with Crippen LogP contribution in [0.15, 0.2) is 20.9 Å². The molecular weight excluding hydrogens is 394 g/mol. The summed E-state index contributed by atoms with van der Waals surface area (Å²) in [6, 6.07) is 0. The normalized spacial score (nSPS) is 16.2. The van der Waals surface area contributed by atoms with Crippen molar-refractivity contribution in [2.75, 3.05) is 33.9 Å². The van der Waals surface area contributed by atoms with Crippen LogP contribution in [0.4, 0.5) is 8.78 Å². The lowest BCUT2D eigenvalue weighted by molar-refractivity contribution is 0.352. The second kappa shape index (κ2) is 6.26. The molecule has 0 saturated carbocycles. The van der Waals surface area contributed by atoms with Gasteiger partial charge < -0.3 is 19.9 Å². The van der Waals surface area contributed by atoms with Crippen LogP contribution >= 0.6 is 27.5 Å². The first-order chi connectivity index (χ1) is 10.9. The molecule has 5 nitrogen and oxygen atoms in total. The molecule has 0 atom stereocenters. The summed E-state index contributed by atoms with van der Waals surface area (Å²) in [5, 5.41) is 3.33. The Hall–Kier alpha value is -1.38. The van der Waals surface area contributed by atoms with Crippen LogP contribution in [0.5, 0.6) is 5.75 Å². The molecule has 0 fully saturated rings. The maximum atomic E-state index is 14.4. The maximum absolute atomic E-state index is 14.4. The number of rotatable bonds is 3. The molecule has 1 aromatic carbocycles. The topological polar surface area (TPSA) is 40.1 Å². The number of nitrogens with one attached hydrogen (secondary N) is 1. The van der Waals surface area contributed by atoms with Crippen LogP contribution in [-0.4, -0.2) is 43.7 Å². The number of benzene rings is 1. The number of likely N-dealkylation sites (N-methyl/N-ethyl adjacent to an activating group) is 1. The number of halogens is 4. The first-order valence-corrected chi connectivity index (χ1v) is 8.03. The number of nitrogens with zero attached hydrogens (tertiary/aromatic N) is 3. The third-order valence-corrected chi connectivity index (χ3v) is 4.38. The Bertz CT molecular complexity index is 812. The molecule has 2 aliphatic rings. The molecule has 2 aliphatic heterocycles. The van der Waals surface area contributed by atoms with Gasteiger partial charge in [0.1, 0.15) is 17.8 Å². The van der Waals surface area contributed by atoms with Crippen molar-refractivity contribution < 1.29 is 13.5 Å². The van der Waals surface area contributed by atoms with E-state index in [1.165, 1.54) is 0 Å². The molecule has 0 aliphatic carbocycles. The fourth-order valence-electron chi connectivity index (χ4n) is 2.41. The van der Waals surface area contributed by atoms with Gasteiger partial charge in [0.25, 0.3) is 0 Å². The Morgan fingerprint density at radius 3 is 2.87 bits per heavy atom. The highest BCUT2D eigenvalue weighted by molar-refractivity contribution is 9.10. The van der Waals surface area contributed by atoms with E-state index in [0.29, 0.717) is 12.4 Å². The van der Waals surface area contributed by atoms with E-state index in [4.69, 9.17) is 16.3 Å². The van der Waals surface area contributed by atoms with E-state index in [2.05, 4.69) is 26.2 Å². The van der Waals surface area contributed by atoms with Gasteiger partial charge in [0.05, 0.1) is 15.9 Å². The lowest BCUT2D eigenvalue weighted by Crippen LogP contribution is -2.46. The summed E-state index contributed by atoms with van der Waals surface area (Å²) in [5.41, 5.74) is 0. The minimum atomic E-state index is -0.848. The van der Waals surface area contributed by atoms with Crippen molar-refractivity contribution in [2.24, 2.45) is 4.99 Å². The predicted octanol–water partition coefficient (Wildman–Crippen LogP) is 1.27. The number of ether oxygens (including phenoxy) is 1. The van der Waals surface area contributed by atoms with E-state index in [1.807, 2.05) is 19.0 Å². The highest BCUT2D eigenvalue weighted by atomic mass is 79.9. The van der Waals surface area contributed by atoms with E-state index >= 15 is 0 Å². The molecule has 0 bridgehead atoms. The molecule has 0 unspecified atom stereocenters. The Morgan fingerprint density at radius 1 is 1.43 bits per heavy atom. The zero-order valence-corrected chi connectivity index (χ0v) is 14.8. The lowest BCUT2D eigenvalue weighted by Gasteiger charge is -2.26. The molecule has 1 aromatic rings. The molecule has 0 aromatic heterocycles. The molecule has 23 heavy (non-hydrogen) atoms. The highest BCUT2D eigenvalue weighted by Crippen LogP contribution is 2.27. The second-order valence-electron chi connectivity index (χ2n) is 5.37. The quantitative estimate of drug-likeness (QED) is 0.766. The van der Waals surface area contributed by atoms with Gasteiger partial charge in [-0.3, -0.25) is 4.99 Å². The van der Waals surface area contributed by atoms with Crippen molar-refractivity contribution in [3.63, 3.8) is 0 Å². The fraction of sp³-hybridized carbons (Fsp3) is 0.357. The third-order valence-electron chi connectivity index (χ3n) is 3.51. The van der Waals surface area contributed by atoms with Crippen LogP contribution in [0.2, 0.25) is 0 Å². The molecular formula is C14H14BrClF2N4O. The van der Waals surface area contributed by atoms with E-state index < -0.39 is 11.6 Å². The molecule has 0 saturated heterocycles. The van der Waals surface area contributed by atoms with E-state index in [-0.39, 0.29) is 32.7 Å². The summed E-state index contributed by atoms with van der Waals surface area (Å²) in [7, 11) is 3.87. The Morgan fingerprint density at radius 2 is 2.17 bits per heavy atom. The Balaban J connectivity index is 2.28. The van der Waals surface area contributed by atoms with Crippen molar-refractivity contribution in [2.45, 2.75) is 0 Å². The van der Waals surface area contributed by atoms with Crippen molar-refractivity contribution in [1.29, 1.82) is 0 Å². The van der Waals surface area contributed by atoms with Crippen LogP contribution < -0.4 is 20.6 Å². The number of hydrogen-bond acceptors (Lipinski definition) is 5. The fourth-order valence-corrected chi connectivity index (χ4v) is 2.98. The van der Waals surface area contributed by atoms with Gasteiger partial charge in [-0.05, 0) is 41.6 Å². The third kappa shape index (κ3) is 2.90. The van der Waals surface area contributed by atoms with Crippen molar-refractivity contribution in [1.82, 2.24) is 15.1 Å². The van der Waals surface area contributed by atoms with Gasteiger partial charge >= 0.3 is 0 Å². The van der Waals surface area contributed by atoms with Gasteiger partial charge in [-0.25, -0.2) is 8.78 Å². The van der Waals surface area contributed by atoms with E-state index in [1.54, 1.807) is 11.1 Å². The smallest absolute Gasteiger partial charge is 0.210 e. The van der Waals surface area contributed by atoms with Crippen LogP contribution in [-0.2, 0) is 0 Å². The summed E-state index contributed by atoms with van der Waals surface area (Å²) in [6.07, 6.45) is 1.55. The van der Waals surface area contributed by atoms with Gasteiger partial charge in [0, 0.05) is 13.1 Å². The van der Waals surface area contributed by atoms with Gasteiger partial charge in [0.15, 0.2) is 17.4 Å². The molecule has 0 spiro atoms. The summed E-state index contributed by atoms with van der Waals surface area (Å²) < 4.78 is 33.9. The van der Waals surface area contributed by atoms with Crippen molar-refractivity contribution in [3.8, 4) is 5.75 Å². The minimum absolute atomic E-state index is 0.00735. The zero-order chi connectivity index (χ0) is 16.7. The van der Waals surface area contributed by atoms with Crippen LogP contribution in [0.1, 0.15) is 0 Å². The standard InChI is InChI=1S/C14H14BrClF2N4O/c1-21(2)3-4-22-5-7(16)23-13-8-12(19-6-20-14(8)22)10(17)9(15)11(13)18/h5,20H,3-4,6H2,1-2H3. The molecule has 124 valence electrons. The van der Waals surface area contributed by atoms with E-state index in [9.17, 15) is 8.78 Å². The SMILES string of the molecule is CN(C)CCN1C=C(Cl)Oc2c(F)c(Br)c(F)c3c2=C1NCN=3. The summed E-state index contributed by atoms with van der Waals surface area (Å²) in [5.74, 6) is -1.23. The molecule has 1 N–H and O–H groups in total. The predicted molar refractivity (Wildman–Crippen MR) is 86.1 cm³/mol. The molecule has 2 heterocycles. The Kier molecular flexibility index (Phi) is 4.48. The summed E-state index contributed by atoms with van der Waals surface area (Å²) in [6.45, 7) is 1.46. The van der Waals surface area contributed by atoms with Crippen molar-refractivity contribution in [3.05, 3.63) is 38.1 Å². The van der Waals surface area contributed by atoms with E-state index in [0.717, 1.165) is 6.54 Å². The van der Waals surface area contributed by atoms with Crippen LogP contribution in [0.3, 0.4) is 0 Å². The largest absolute Gasteiger partial charge is 0.440 e. The maximum Gasteiger partial charge on any atom is 0.210 e. The molecule has 0 amide bonds. The summed E-state index contributed by atoms with van der Waals surface area (Å²) in [4.78, 5) is 7.87. The van der Waals surface area contributed by atoms with Gasteiger partial charge in [-0.2, -0.15) is 0 Å². The second-order valence-corrected chi connectivity index (χ2v) is 6.53. The average molecular weight is 408 g/mol. The molecule has 0 radical (unpaired) electrons. The van der Waals surface area contributed by atoms with Gasteiger partial charge in [-0.1, -0.05) is 0 Å². The lowest BCUT2D eigenvalue weighted by atomic mass is 10.2. The number of hydrogen-bond donors (Lipinski definition) is 1. The summed E-state index contributed by atoms with van der Waals surface area (Å²) >= 11 is 8.96. The van der Waals surface area contributed by atoms with Crippen LogP contribution in [0, 0.1) is 11.6 Å². The molecule has 9 heteroatoms. The van der Waals surface area contributed by atoms with Crippen molar-refractivity contribution >= 4 is 33.4 Å².